The van der Waals surface area contributed by atoms with Gasteiger partial charge in [-0.25, -0.2) is 4.39 Å². The molecule has 1 N–H and O–H groups in total. The summed E-state index contributed by atoms with van der Waals surface area (Å²) in [4.78, 5) is 2.45. The van der Waals surface area contributed by atoms with Crippen molar-refractivity contribution in [3.8, 4) is 0 Å². The van der Waals surface area contributed by atoms with E-state index in [1.54, 1.807) is 6.07 Å². The van der Waals surface area contributed by atoms with E-state index in [0.717, 1.165) is 63.1 Å². The van der Waals surface area contributed by atoms with Crippen molar-refractivity contribution in [2.75, 3.05) is 32.7 Å². The van der Waals surface area contributed by atoms with E-state index >= 15 is 0 Å². The number of piperazine rings is 1. The van der Waals surface area contributed by atoms with Crippen LogP contribution in [0.3, 0.4) is 0 Å². The number of hydrogen-bond acceptors (Lipinski definition) is 2. The Hall–Kier alpha value is -0.930. The average Bonchev–Trinajstić information content (AvgIpc) is 2.49. The Kier molecular flexibility index (Phi) is 5.99. The van der Waals surface area contributed by atoms with Gasteiger partial charge in [-0.1, -0.05) is 26.0 Å². The Balaban J connectivity index is 1.94. The quantitative estimate of drug-likeness (QED) is 0.860. The molecule has 1 aliphatic rings. The molecule has 0 spiro atoms. The summed E-state index contributed by atoms with van der Waals surface area (Å²) < 4.78 is 14.2. The van der Waals surface area contributed by atoms with Gasteiger partial charge in [0.25, 0.3) is 0 Å². The van der Waals surface area contributed by atoms with Crippen molar-refractivity contribution in [1.82, 2.24) is 10.2 Å². The maximum absolute atomic E-state index is 14.2. The minimum atomic E-state index is -0.0171. The van der Waals surface area contributed by atoms with Gasteiger partial charge in [0.05, 0.1) is 0 Å². The Bertz CT molecular complexity index is 409. The fourth-order valence-electron chi connectivity index (χ4n) is 3.01. The summed E-state index contributed by atoms with van der Waals surface area (Å²) in [6.07, 6.45) is 2.96. The first kappa shape index (κ1) is 15.5. The zero-order valence-corrected chi connectivity index (χ0v) is 12.8. The third-order valence-corrected chi connectivity index (χ3v) is 4.42. The molecule has 0 aliphatic carbocycles. The molecular weight excluding hydrogens is 251 g/mol. The molecule has 2 rings (SSSR count). The predicted molar refractivity (Wildman–Crippen MR) is 82.7 cm³/mol. The molecule has 1 aromatic carbocycles. The van der Waals surface area contributed by atoms with E-state index in [1.807, 2.05) is 6.07 Å². The maximum atomic E-state index is 14.2. The molecule has 1 aromatic rings. The van der Waals surface area contributed by atoms with Crippen LogP contribution < -0.4 is 5.32 Å². The molecule has 0 saturated carbocycles. The van der Waals surface area contributed by atoms with Crippen LogP contribution in [0.15, 0.2) is 18.2 Å². The van der Waals surface area contributed by atoms with Crippen LogP contribution in [-0.2, 0) is 6.42 Å². The predicted octanol–water partition coefficient (Wildman–Crippen LogP) is 3.18. The number of halogens is 1. The van der Waals surface area contributed by atoms with E-state index < -0.39 is 0 Å². The Labute approximate surface area is 122 Å². The summed E-state index contributed by atoms with van der Waals surface area (Å²) >= 11 is 0. The summed E-state index contributed by atoms with van der Waals surface area (Å²) in [6, 6.07) is 5.86. The van der Waals surface area contributed by atoms with E-state index in [-0.39, 0.29) is 5.82 Å². The number of hydrogen-bond donors (Lipinski definition) is 1. The molecule has 112 valence electrons. The first-order chi connectivity index (χ1) is 9.74. The molecule has 1 heterocycles. The van der Waals surface area contributed by atoms with Crippen molar-refractivity contribution in [3.63, 3.8) is 0 Å². The molecule has 0 unspecified atom stereocenters. The molecule has 1 aliphatic heterocycles. The molecule has 0 amide bonds. The lowest BCUT2D eigenvalue weighted by Crippen LogP contribution is -2.44. The fourth-order valence-corrected chi connectivity index (χ4v) is 3.01. The summed E-state index contributed by atoms with van der Waals surface area (Å²) in [6.45, 7) is 9.65. The SMILES string of the molecule is CCC(CC)c1ccc(CCN2CCNCC2)cc1F. The van der Waals surface area contributed by atoms with E-state index in [2.05, 4.69) is 30.1 Å². The van der Waals surface area contributed by atoms with E-state index in [4.69, 9.17) is 0 Å². The van der Waals surface area contributed by atoms with Gasteiger partial charge in [0.15, 0.2) is 0 Å². The normalized spacial score (nSPS) is 16.8. The van der Waals surface area contributed by atoms with Crippen LogP contribution in [0, 0.1) is 5.82 Å². The van der Waals surface area contributed by atoms with Gasteiger partial charge in [0, 0.05) is 32.7 Å². The van der Waals surface area contributed by atoms with Crippen LogP contribution in [-0.4, -0.2) is 37.6 Å². The lowest BCUT2D eigenvalue weighted by Gasteiger charge is -2.27. The van der Waals surface area contributed by atoms with Gasteiger partial charge in [-0.2, -0.15) is 0 Å². The second-order valence-electron chi connectivity index (χ2n) is 5.71. The fraction of sp³-hybridized carbons (Fsp3) is 0.647. The van der Waals surface area contributed by atoms with Crippen molar-refractivity contribution < 1.29 is 4.39 Å². The molecule has 0 radical (unpaired) electrons. The zero-order valence-electron chi connectivity index (χ0n) is 12.8. The number of rotatable bonds is 6. The standard InChI is InChI=1S/C17H27FN2/c1-3-15(4-2)16-6-5-14(13-17(16)18)7-10-20-11-8-19-9-12-20/h5-6,13,15,19H,3-4,7-12H2,1-2H3. The minimum Gasteiger partial charge on any atom is -0.314 e. The van der Waals surface area contributed by atoms with Gasteiger partial charge >= 0.3 is 0 Å². The highest BCUT2D eigenvalue weighted by Gasteiger charge is 2.13. The van der Waals surface area contributed by atoms with Crippen LogP contribution in [0.5, 0.6) is 0 Å². The lowest BCUT2D eigenvalue weighted by atomic mass is 9.92. The molecule has 0 bridgehead atoms. The second kappa shape index (κ2) is 7.75. The van der Waals surface area contributed by atoms with E-state index in [9.17, 15) is 4.39 Å². The Morgan fingerprint density at radius 2 is 1.90 bits per heavy atom. The van der Waals surface area contributed by atoms with Crippen molar-refractivity contribution in [1.29, 1.82) is 0 Å². The van der Waals surface area contributed by atoms with Crippen molar-refractivity contribution >= 4 is 0 Å². The molecule has 1 fully saturated rings. The maximum Gasteiger partial charge on any atom is 0.126 e. The molecule has 3 heteroatoms. The Morgan fingerprint density at radius 1 is 1.20 bits per heavy atom. The first-order valence-electron chi connectivity index (χ1n) is 7.96. The number of benzene rings is 1. The topological polar surface area (TPSA) is 15.3 Å². The second-order valence-corrected chi connectivity index (χ2v) is 5.71. The highest BCUT2D eigenvalue weighted by atomic mass is 19.1. The Morgan fingerprint density at radius 3 is 2.50 bits per heavy atom. The summed E-state index contributed by atoms with van der Waals surface area (Å²) in [5.74, 6) is 0.341. The highest BCUT2D eigenvalue weighted by Crippen LogP contribution is 2.26. The van der Waals surface area contributed by atoms with E-state index in [1.165, 1.54) is 0 Å². The monoisotopic (exact) mass is 278 g/mol. The van der Waals surface area contributed by atoms with Crippen LogP contribution in [0.2, 0.25) is 0 Å². The molecular formula is C17H27FN2. The summed E-state index contributed by atoms with van der Waals surface area (Å²) in [5.41, 5.74) is 2.01. The van der Waals surface area contributed by atoms with Gasteiger partial charge in [0.2, 0.25) is 0 Å². The van der Waals surface area contributed by atoms with E-state index in [0.29, 0.717) is 5.92 Å². The largest absolute Gasteiger partial charge is 0.314 e. The molecule has 2 nitrogen and oxygen atoms in total. The van der Waals surface area contributed by atoms with Crippen LogP contribution in [0.25, 0.3) is 0 Å². The third kappa shape index (κ3) is 4.03. The smallest absolute Gasteiger partial charge is 0.126 e. The lowest BCUT2D eigenvalue weighted by molar-refractivity contribution is 0.244. The highest BCUT2D eigenvalue weighted by molar-refractivity contribution is 5.27. The van der Waals surface area contributed by atoms with Crippen molar-refractivity contribution in [3.05, 3.63) is 35.1 Å². The van der Waals surface area contributed by atoms with Gasteiger partial charge in [-0.05, 0) is 42.4 Å². The first-order valence-corrected chi connectivity index (χ1v) is 7.96. The average molecular weight is 278 g/mol. The minimum absolute atomic E-state index is 0.0171. The van der Waals surface area contributed by atoms with Gasteiger partial charge < -0.3 is 10.2 Å². The molecule has 1 saturated heterocycles. The van der Waals surface area contributed by atoms with Gasteiger partial charge in [-0.3, -0.25) is 0 Å². The van der Waals surface area contributed by atoms with Crippen LogP contribution >= 0.6 is 0 Å². The van der Waals surface area contributed by atoms with Crippen LogP contribution in [0.4, 0.5) is 4.39 Å². The molecule has 20 heavy (non-hydrogen) atoms. The zero-order chi connectivity index (χ0) is 14.4. The molecule has 0 aromatic heterocycles. The van der Waals surface area contributed by atoms with Gasteiger partial charge in [-0.15, -0.1) is 0 Å². The third-order valence-electron chi connectivity index (χ3n) is 4.42. The number of nitrogens with one attached hydrogen (secondary N) is 1. The summed E-state index contributed by atoms with van der Waals surface area (Å²) in [7, 11) is 0. The number of nitrogens with zero attached hydrogens (tertiary/aromatic N) is 1. The summed E-state index contributed by atoms with van der Waals surface area (Å²) in [5, 5.41) is 3.35. The van der Waals surface area contributed by atoms with Gasteiger partial charge in [0.1, 0.15) is 5.82 Å². The van der Waals surface area contributed by atoms with Crippen molar-refractivity contribution in [2.45, 2.75) is 39.0 Å². The molecule has 0 atom stereocenters. The van der Waals surface area contributed by atoms with Crippen molar-refractivity contribution in [2.24, 2.45) is 0 Å². The van der Waals surface area contributed by atoms with Crippen LogP contribution in [0.1, 0.15) is 43.7 Å².